The molecule has 7 nitrogen and oxygen atoms in total. The Morgan fingerprint density at radius 2 is 2.06 bits per heavy atom. The number of rotatable bonds is 10. The molecule has 2 heterocycles. The molecule has 2 aromatic carbocycles. The summed E-state index contributed by atoms with van der Waals surface area (Å²) in [6, 6.07) is 15.0. The highest BCUT2D eigenvalue weighted by atomic mass is 16.5. The number of hydrogen-bond acceptors (Lipinski definition) is 5. The zero-order valence-electron chi connectivity index (χ0n) is 17.9. The molecule has 1 unspecified atom stereocenters. The van der Waals surface area contributed by atoms with Crippen LogP contribution >= 0.6 is 0 Å². The van der Waals surface area contributed by atoms with E-state index in [2.05, 4.69) is 10.3 Å². The van der Waals surface area contributed by atoms with Gasteiger partial charge in [0.15, 0.2) is 0 Å². The van der Waals surface area contributed by atoms with Gasteiger partial charge >= 0.3 is 0 Å². The standard InChI is InChI=1S/C24H29N3O4/c1-2-29-15-6-14-27-22-9-4-3-8-21(22)25-24(27)26-23(28)18-10-12-19(13-11-18)31-17-20-7-5-16-30-20/h3-4,8-13,20H,2,5-7,14-17H2,1H3,(H,25,26,28). The third-order valence-electron chi connectivity index (χ3n) is 5.33. The highest BCUT2D eigenvalue weighted by Gasteiger charge is 2.17. The van der Waals surface area contributed by atoms with E-state index in [1.54, 1.807) is 12.1 Å². The SMILES string of the molecule is CCOCCCn1c(NC(=O)c2ccc(OCC3CCCO3)cc2)nc2ccccc21. The maximum absolute atomic E-state index is 12.8. The summed E-state index contributed by atoms with van der Waals surface area (Å²) in [5, 5.41) is 2.96. The van der Waals surface area contributed by atoms with Gasteiger partial charge in [0, 0.05) is 31.9 Å². The third kappa shape index (κ3) is 5.42. The Labute approximate surface area is 182 Å². The first kappa shape index (κ1) is 21.3. The lowest BCUT2D eigenvalue weighted by Crippen LogP contribution is -2.17. The van der Waals surface area contributed by atoms with E-state index in [4.69, 9.17) is 14.2 Å². The Hall–Kier alpha value is -2.90. The molecule has 1 aliphatic heterocycles. The average molecular weight is 424 g/mol. The van der Waals surface area contributed by atoms with E-state index < -0.39 is 0 Å². The molecule has 1 saturated heterocycles. The maximum atomic E-state index is 12.8. The summed E-state index contributed by atoms with van der Waals surface area (Å²) in [6.45, 7) is 5.41. The molecule has 1 amide bonds. The zero-order valence-corrected chi connectivity index (χ0v) is 17.9. The number of aromatic nitrogens is 2. The van der Waals surface area contributed by atoms with Gasteiger partial charge in [-0.2, -0.15) is 0 Å². The molecular formula is C24H29N3O4. The number of ether oxygens (including phenoxy) is 3. The highest BCUT2D eigenvalue weighted by molar-refractivity contribution is 6.04. The van der Waals surface area contributed by atoms with E-state index in [0.29, 0.717) is 37.9 Å². The van der Waals surface area contributed by atoms with Crippen LogP contribution in [0.2, 0.25) is 0 Å². The summed E-state index contributed by atoms with van der Waals surface area (Å²) in [7, 11) is 0. The second-order valence-electron chi connectivity index (χ2n) is 7.55. The number of anilines is 1. The van der Waals surface area contributed by atoms with Crippen molar-refractivity contribution < 1.29 is 19.0 Å². The second-order valence-corrected chi connectivity index (χ2v) is 7.55. The summed E-state index contributed by atoms with van der Waals surface area (Å²) in [6.07, 6.45) is 3.13. The molecule has 1 atom stereocenters. The minimum atomic E-state index is -0.202. The number of benzene rings is 2. The first-order valence-corrected chi connectivity index (χ1v) is 10.9. The number of aryl methyl sites for hydroxylation is 1. The number of hydrogen-bond donors (Lipinski definition) is 1. The normalized spacial score (nSPS) is 16.0. The van der Waals surface area contributed by atoms with Crippen molar-refractivity contribution in [1.29, 1.82) is 0 Å². The van der Waals surface area contributed by atoms with Crippen LogP contribution in [0, 0.1) is 0 Å². The fourth-order valence-electron chi connectivity index (χ4n) is 3.71. The molecule has 1 aromatic heterocycles. The molecule has 0 spiro atoms. The fraction of sp³-hybridized carbons (Fsp3) is 0.417. The van der Waals surface area contributed by atoms with Crippen molar-refractivity contribution in [1.82, 2.24) is 9.55 Å². The van der Waals surface area contributed by atoms with Crippen LogP contribution in [0.25, 0.3) is 11.0 Å². The van der Waals surface area contributed by atoms with Gasteiger partial charge in [0.05, 0.1) is 17.1 Å². The lowest BCUT2D eigenvalue weighted by atomic mass is 10.2. The third-order valence-corrected chi connectivity index (χ3v) is 5.33. The lowest BCUT2D eigenvalue weighted by molar-refractivity contribution is 0.0679. The number of para-hydroxylation sites is 2. The number of nitrogens with zero attached hydrogens (tertiary/aromatic N) is 2. The van der Waals surface area contributed by atoms with Gasteiger partial charge in [-0.15, -0.1) is 0 Å². The largest absolute Gasteiger partial charge is 0.491 e. The number of fused-ring (bicyclic) bond motifs is 1. The number of carbonyl (C=O) groups excluding carboxylic acids is 1. The average Bonchev–Trinajstić information content (AvgIpc) is 3.43. The van der Waals surface area contributed by atoms with Crippen molar-refractivity contribution in [2.45, 2.75) is 38.8 Å². The zero-order chi connectivity index (χ0) is 21.5. The number of imidazole rings is 1. The van der Waals surface area contributed by atoms with Gasteiger partial charge in [-0.05, 0) is 62.6 Å². The van der Waals surface area contributed by atoms with Gasteiger partial charge in [0.25, 0.3) is 5.91 Å². The Kier molecular flexibility index (Phi) is 7.17. The molecule has 0 saturated carbocycles. The quantitative estimate of drug-likeness (QED) is 0.493. The van der Waals surface area contributed by atoms with Gasteiger partial charge in [0.1, 0.15) is 12.4 Å². The minimum Gasteiger partial charge on any atom is -0.491 e. The van der Waals surface area contributed by atoms with Crippen LogP contribution in [-0.2, 0) is 16.0 Å². The monoisotopic (exact) mass is 423 g/mol. The summed E-state index contributed by atoms with van der Waals surface area (Å²) < 4.78 is 18.8. The molecule has 1 N–H and O–H groups in total. The molecule has 3 aromatic rings. The summed E-state index contributed by atoms with van der Waals surface area (Å²) >= 11 is 0. The number of nitrogens with one attached hydrogen (secondary N) is 1. The van der Waals surface area contributed by atoms with E-state index >= 15 is 0 Å². The topological polar surface area (TPSA) is 74.6 Å². The number of carbonyl (C=O) groups is 1. The highest BCUT2D eigenvalue weighted by Crippen LogP contribution is 2.21. The van der Waals surface area contributed by atoms with Crippen molar-refractivity contribution in [2.24, 2.45) is 0 Å². The molecule has 1 aliphatic rings. The molecule has 0 radical (unpaired) electrons. The van der Waals surface area contributed by atoms with Crippen molar-refractivity contribution >= 4 is 22.9 Å². The first-order valence-electron chi connectivity index (χ1n) is 10.9. The molecule has 7 heteroatoms. The van der Waals surface area contributed by atoms with Gasteiger partial charge in [0.2, 0.25) is 5.95 Å². The van der Waals surface area contributed by atoms with E-state index in [-0.39, 0.29) is 12.0 Å². The van der Waals surface area contributed by atoms with Gasteiger partial charge in [-0.3, -0.25) is 10.1 Å². The Bertz CT molecular complexity index is 994. The molecule has 1 fully saturated rings. The Balaban J connectivity index is 1.42. The summed E-state index contributed by atoms with van der Waals surface area (Å²) in [4.78, 5) is 17.5. The molecule has 164 valence electrons. The van der Waals surface area contributed by atoms with Crippen LogP contribution in [-0.4, -0.2) is 48.0 Å². The first-order chi connectivity index (χ1) is 15.2. The van der Waals surface area contributed by atoms with E-state index in [1.165, 1.54) is 0 Å². The predicted molar refractivity (Wildman–Crippen MR) is 120 cm³/mol. The summed E-state index contributed by atoms with van der Waals surface area (Å²) in [5.74, 6) is 1.07. The van der Waals surface area contributed by atoms with Crippen LogP contribution in [0.15, 0.2) is 48.5 Å². The van der Waals surface area contributed by atoms with Gasteiger partial charge in [-0.1, -0.05) is 12.1 Å². The van der Waals surface area contributed by atoms with Crippen molar-refractivity contribution in [3.63, 3.8) is 0 Å². The van der Waals surface area contributed by atoms with Crippen LogP contribution in [0.1, 0.15) is 36.5 Å². The molecule has 0 bridgehead atoms. The predicted octanol–water partition coefficient (Wildman–Crippen LogP) is 4.27. The fourth-order valence-corrected chi connectivity index (χ4v) is 3.71. The lowest BCUT2D eigenvalue weighted by Gasteiger charge is -2.12. The second kappa shape index (κ2) is 10.4. The minimum absolute atomic E-state index is 0.165. The van der Waals surface area contributed by atoms with E-state index in [9.17, 15) is 4.79 Å². The maximum Gasteiger partial charge on any atom is 0.257 e. The van der Waals surface area contributed by atoms with E-state index in [1.807, 2.05) is 47.9 Å². The smallest absolute Gasteiger partial charge is 0.257 e. The summed E-state index contributed by atoms with van der Waals surface area (Å²) in [5.41, 5.74) is 2.40. The van der Waals surface area contributed by atoms with Crippen LogP contribution in [0.5, 0.6) is 5.75 Å². The van der Waals surface area contributed by atoms with E-state index in [0.717, 1.165) is 42.7 Å². The van der Waals surface area contributed by atoms with Gasteiger partial charge < -0.3 is 18.8 Å². The molecule has 0 aliphatic carbocycles. The van der Waals surface area contributed by atoms with Gasteiger partial charge in [-0.25, -0.2) is 4.98 Å². The molecule has 4 rings (SSSR count). The Morgan fingerprint density at radius 1 is 1.23 bits per heavy atom. The molecular weight excluding hydrogens is 394 g/mol. The van der Waals surface area contributed by atoms with Crippen LogP contribution in [0.4, 0.5) is 5.95 Å². The van der Waals surface area contributed by atoms with Crippen molar-refractivity contribution in [3.05, 3.63) is 54.1 Å². The van der Waals surface area contributed by atoms with Crippen molar-refractivity contribution in [3.8, 4) is 5.75 Å². The van der Waals surface area contributed by atoms with Crippen LogP contribution < -0.4 is 10.1 Å². The number of amides is 1. The Morgan fingerprint density at radius 3 is 2.84 bits per heavy atom. The van der Waals surface area contributed by atoms with Crippen LogP contribution in [0.3, 0.4) is 0 Å². The van der Waals surface area contributed by atoms with Crippen molar-refractivity contribution in [2.75, 3.05) is 31.7 Å². The molecule has 31 heavy (non-hydrogen) atoms.